The van der Waals surface area contributed by atoms with Gasteiger partial charge in [0.2, 0.25) is 0 Å². The minimum atomic E-state index is 0.221. The summed E-state index contributed by atoms with van der Waals surface area (Å²) in [6.45, 7) is 7.31. The number of rotatable bonds is 4. The molecule has 2 N–H and O–H groups in total. The molecule has 1 saturated carbocycles. The molecule has 2 nitrogen and oxygen atoms in total. The molecule has 2 rings (SSSR count). The molecule has 3 unspecified atom stereocenters. The van der Waals surface area contributed by atoms with E-state index in [0.717, 1.165) is 18.2 Å². The zero-order valence-electron chi connectivity index (χ0n) is 12.4. The van der Waals surface area contributed by atoms with Crippen LogP contribution in [0.5, 0.6) is 5.75 Å². The average molecular weight is 261 g/mol. The topological polar surface area (TPSA) is 35.2 Å². The number of hydrogen-bond donors (Lipinski definition) is 1. The maximum atomic E-state index is 5.99. The number of nitrogens with two attached hydrogens (primary N) is 1. The van der Waals surface area contributed by atoms with Gasteiger partial charge in [0, 0.05) is 0 Å². The molecule has 1 aromatic carbocycles. The Labute approximate surface area is 117 Å². The number of para-hydroxylation sites is 1. The van der Waals surface area contributed by atoms with Crippen LogP contribution in [0.1, 0.15) is 51.5 Å². The van der Waals surface area contributed by atoms with Crippen molar-refractivity contribution >= 4 is 0 Å². The van der Waals surface area contributed by atoms with Crippen LogP contribution >= 0.6 is 0 Å². The molecule has 0 saturated heterocycles. The minimum absolute atomic E-state index is 0.221. The summed E-state index contributed by atoms with van der Waals surface area (Å²) in [4.78, 5) is 0. The zero-order chi connectivity index (χ0) is 13.8. The van der Waals surface area contributed by atoms with E-state index >= 15 is 0 Å². The smallest absolute Gasteiger partial charge is 0.123 e. The average Bonchev–Trinajstić information content (AvgIpc) is 2.38. The van der Waals surface area contributed by atoms with E-state index in [0.29, 0.717) is 11.8 Å². The molecular formula is C17H27NO. The highest BCUT2D eigenvalue weighted by Crippen LogP contribution is 2.43. The van der Waals surface area contributed by atoms with Crippen molar-refractivity contribution in [1.29, 1.82) is 0 Å². The van der Waals surface area contributed by atoms with Crippen LogP contribution in [-0.4, -0.2) is 12.6 Å². The Morgan fingerprint density at radius 3 is 2.68 bits per heavy atom. The molecule has 0 heterocycles. The van der Waals surface area contributed by atoms with E-state index in [-0.39, 0.29) is 6.10 Å². The molecule has 0 aliphatic heterocycles. The van der Waals surface area contributed by atoms with Gasteiger partial charge in [-0.1, -0.05) is 31.5 Å². The van der Waals surface area contributed by atoms with Crippen LogP contribution in [0.25, 0.3) is 0 Å². The Balaban J connectivity index is 2.27. The lowest BCUT2D eigenvalue weighted by atomic mass is 9.71. The molecule has 1 aliphatic rings. The van der Waals surface area contributed by atoms with Gasteiger partial charge in [0.25, 0.3) is 0 Å². The SMILES string of the molecule is CC1CCC(CN)C(c2ccccc2OC(C)C)C1. The maximum Gasteiger partial charge on any atom is 0.123 e. The molecule has 19 heavy (non-hydrogen) atoms. The summed E-state index contributed by atoms with van der Waals surface area (Å²) in [5, 5.41) is 0. The van der Waals surface area contributed by atoms with Crippen molar-refractivity contribution < 1.29 is 4.74 Å². The van der Waals surface area contributed by atoms with E-state index in [1.54, 1.807) is 0 Å². The number of hydrogen-bond acceptors (Lipinski definition) is 2. The summed E-state index contributed by atoms with van der Waals surface area (Å²) in [6, 6.07) is 8.51. The molecule has 0 spiro atoms. The zero-order valence-corrected chi connectivity index (χ0v) is 12.4. The van der Waals surface area contributed by atoms with Crippen molar-refractivity contribution in [3.05, 3.63) is 29.8 Å². The van der Waals surface area contributed by atoms with Crippen molar-refractivity contribution in [1.82, 2.24) is 0 Å². The Hall–Kier alpha value is -1.02. The summed E-state index contributed by atoms with van der Waals surface area (Å²) < 4.78 is 5.99. The van der Waals surface area contributed by atoms with Gasteiger partial charge in [0.1, 0.15) is 5.75 Å². The van der Waals surface area contributed by atoms with Gasteiger partial charge in [-0.2, -0.15) is 0 Å². The molecule has 1 fully saturated rings. The van der Waals surface area contributed by atoms with Crippen molar-refractivity contribution in [2.45, 2.75) is 52.1 Å². The maximum absolute atomic E-state index is 5.99. The van der Waals surface area contributed by atoms with Crippen LogP contribution in [0.2, 0.25) is 0 Å². The summed E-state index contributed by atoms with van der Waals surface area (Å²) in [7, 11) is 0. The van der Waals surface area contributed by atoms with Crippen LogP contribution in [0, 0.1) is 11.8 Å². The second-order valence-corrected chi connectivity index (χ2v) is 6.22. The first-order chi connectivity index (χ1) is 9.11. The third kappa shape index (κ3) is 3.50. The normalized spacial score (nSPS) is 27.5. The highest BCUT2D eigenvalue weighted by atomic mass is 16.5. The number of benzene rings is 1. The lowest BCUT2D eigenvalue weighted by molar-refractivity contribution is 0.220. The summed E-state index contributed by atoms with van der Waals surface area (Å²) >= 11 is 0. The molecule has 0 aromatic heterocycles. The van der Waals surface area contributed by atoms with E-state index in [2.05, 4.69) is 45.0 Å². The summed E-state index contributed by atoms with van der Waals surface area (Å²) in [6.07, 6.45) is 4.02. The van der Waals surface area contributed by atoms with Gasteiger partial charge >= 0.3 is 0 Å². The lowest BCUT2D eigenvalue weighted by Gasteiger charge is -2.35. The second-order valence-electron chi connectivity index (χ2n) is 6.22. The van der Waals surface area contributed by atoms with Gasteiger partial charge < -0.3 is 10.5 Å². The van der Waals surface area contributed by atoms with Crippen LogP contribution in [0.4, 0.5) is 0 Å². The Morgan fingerprint density at radius 1 is 1.26 bits per heavy atom. The quantitative estimate of drug-likeness (QED) is 0.890. The predicted molar refractivity (Wildman–Crippen MR) is 80.5 cm³/mol. The Bertz CT molecular complexity index is 402. The van der Waals surface area contributed by atoms with Gasteiger partial charge in [0.15, 0.2) is 0 Å². The van der Waals surface area contributed by atoms with Gasteiger partial charge in [-0.15, -0.1) is 0 Å². The van der Waals surface area contributed by atoms with Crippen molar-refractivity contribution in [2.75, 3.05) is 6.54 Å². The third-order valence-corrected chi connectivity index (χ3v) is 4.24. The molecular weight excluding hydrogens is 234 g/mol. The van der Waals surface area contributed by atoms with Crippen LogP contribution in [-0.2, 0) is 0 Å². The van der Waals surface area contributed by atoms with E-state index in [1.807, 2.05) is 0 Å². The molecule has 2 heteroatoms. The largest absolute Gasteiger partial charge is 0.491 e. The van der Waals surface area contributed by atoms with Crippen LogP contribution < -0.4 is 10.5 Å². The molecule has 106 valence electrons. The predicted octanol–water partition coefficient (Wildman–Crippen LogP) is 3.95. The van der Waals surface area contributed by atoms with Gasteiger partial charge in [-0.25, -0.2) is 0 Å². The highest BCUT2D eigenvalue weighted by molar-refractivity contribution is 5.37. The van der Waals surface area contributed by atoms with Crippen LogP contribution in [0.15, 0.2) is 24.3 Å². The fourth-order valence-corrected chi connectivity index (χ4v) is 3.25. The van der Waals surface area contributed by atoms with E-state index in [9.17, 15) is 0 Å². The van der Waals surface area contributed by atoms with Crippen molar-refractivity contribution in [2.24, 2.45) is 17.6 Å². The molecule has 0 amide bonds. The first-order valence-corrected chi connectivity index (χ1v) is 7.57. The first-order valence-electron chi connectivity index (χ1n) is 7.57. The standard InChI is InChI=1S/C17H27NO/c1-12(2)19-17-7-5-4-6-15(17)16-10-13(3)8-9-14(16)11-18/h4-7,12-14,16H,8-11,18H2,1-3H3. The molecule has 1 aliphatic carbocycles. The molecule has 3 atom stereocenters. The van der Waals surface area contributed by atoms with Gasteiger partial charge in [0.05, 0.1) is 6.10 Å². The van der Waals surface area contributed by atoms with Gasteiger partial charge in [-0.3, -0.25) is 0 Å². The van der Waals surface area contributed by atoms with E-state index in [4.69, 9.17) is 10.5 Å². The van der Waals surface area contributed by atoms with E-state index < -0.39 is 0 Å². The number of ether oxygens (including phenoxy) is 1. The first kappa shape index (κ1) is 14.4. The fourth-order valence-electron chi connectivity index (χ4n) is 3.25. The Kier molecular flexibility index (Phi) is 4.87. The van der Waals surface area contributed by atoms with Crippen molar-refractivity contribution in [3.8, 4) is 5.75 Å². The summed E-state index contributed by atoms with van der Waals surface area (Å²) in [5.41, 5.74) is 7.35. The Morgan fingerprint density at radius 2 is 2.00 bits per heavy atom. The van der Waals surface area contributed by atoms with E-state index in [1.165, 1.54) is 24.8 Å². The highest BCUT2D eigenvalue weighted by Gasteiger charge is 2.30. The lowest BCUT2D eigenvalue weighted by Crippen LogP contribution is -2.28. The molecule has 1 aromatic rings. The monoisotopic (exact) mass is 261 g/mol. The minimum Gasteiger partial charge on any atom is -0.491 e. The van der Waals surface area contributed by atoms with Crippen molar-refractivity contribution in [3.63, 3.8) is 0 Å². The fraction of sp³-hybridized carbons (Fsp3) is 0.647. The molecule has 0 radical (unpaired) electrons. The van der Waals surface area contributed by atoms with Crippen LogP contribution in [0.3, 0.4) is 0 Å². The third-order valence-electron chi connectivity index (χ3n) is 4.24. The molecule has 0 bridgehead atoms. The second kappa shape index (κ2) is 6.42. The van der Waals surface area contributed by atoms with Gasteiger partial charge in [-0.05, 0) is 62.6 Å². The summed E-state index contributed by atoms with van der Waals surface area (Å²) in [5.74, 6) is 3.01.